The molecular formula is C17H16O4S2. The van der Waals surface area contributed by atoms with Crippen molar-refractivity contribution in [2.45, 2.75) is 28.2 Å². The Balaban J connectivity index is 1.78. The summed E-state index contributed by atoms with van der Waals surface area (Å²) in [7, 11) is 0. The number of thioether (sulfide) groups is 2. The van der Waals surface area contributed by atoms with Gasteiger partial charge in [0.25, 0.3) is 0 Å². The van der Waals surface area contributed by atoms with Crippen LogP contribution in [0, 0.1) is 6.92 Å². The van der Waals surface area contributed by atoms with Gasteiger partial charge < -0.3 is 19.0 Å². The van der Waals surface area contributed by atoms with Crippen molar-refractivity contribution >= 4 is 23.5 Å². The lowest BCUT2D eigenvalue weighted by molar-refractivity contribution is 0.390. The molecule has 1 aromatic carbocycles. The smallest absolute Gasteiger partial charge is 0.171 e. The number of phenolic OH excluding ortho intramolecular Hbond substituents is 2. The molecule has 0 aliphatic carbocycles. The number of rotatable bonds is 6. The van der Waals surface area contributed by atoms with Gasteiger partial charge in [0.2, 0.25) is 0 Å². The van der Waals surface area contributed by atoms with Gasteiger partial charge in [-0.15, -0.1) is 23.5 Å². The molecule has 0 radical (unpaired) electrons. The molecule has 3 aromatic rings. The summed E-state index contributed by atoms with van der Waals surface area (Å²) in [5.74, 6) is 2.79. The van der Waals surface area contributed by atoms with Gasteiger partial charge >= 0.3 is 0 Å². The molecule has 0 aliphatic heterocycles. The molecule has 6 heteroatoms. The largest absolute Gasteiger partial charge is 0.504 e. The Morgan fingerprint density at radius 3 is 1.96 bits per heavy atom. The predicted octanol–water partition coefficient (Wildman–Crippen LogP) is 5.18. The second-order valence-electron chi connectivity index (χ2n) is 4.93. The van der Waals surface area contributed by atoms with E-state index in [1.165, 1.54) is 11.8 Å². The minimum Gasteiger partial charge on any atom is -0.504 e. The van der Waals surface area contributed by atoms with Crippen molar-refractivity contribution in [1.29, 1.82) is 0 Å². The van der Waals surface area contributed by atoms with Crippen LogP contribution in [0.3, 0.4) is 0 Å². The number of hydrogen-bond donors (Lipinski definition) is 2. The van der Waals surface area contributed by atoms with Gasteiger partial charge in [0.1, 0.15) is 11.5 Å². The molecule has 120 valence electrons. The Morgan fingerprint density at radius 1 is 0.870 bits per heavy atom. The Morgan fingerprint density at radius 2 is 1.43 bits per heavy atom. The van der Waals surface area contributed by atoms with Gasteiger partial charge in [0.05, 0.1) is 28.9 Å². The highest BCUT2D eigenvalue weighted by molar-refractivity contribution is 7.99. The molecule has 2 heterocycles. The van der Waals surface area contributed by atoms with Crippen LogP contribution in [0.1, 0.15) is 17.1 Å². The molecular weight excluding hydrogens is 332 g/mol. The lowest BCUT2D eigenvalue weighted by atomic mass is 10.2. The van der Waals surface area contributed by atoms with E-state index < -0.39 is 0 Å². The Hall–Kier alpha value is -1.92. The molecule has 0 bridgehead atoms. The molecule has 23 heavy (non-hydrogen) atoms. The van der Waals surface area contributed by atoms with Gasteiger partial charge in [0, 0.05) is 10.5 Å². The van der Waals surface area contributed by atoms with Gasteiger partial charge in [-0.05, 0) is 37.3 Å². The minimum atomic E-state index is -0.0820. The average molecular weight is 348 g/mol. The molecule has 0 fully saturated rings. The molecule has 4 nitrogen and oxygen atoms in total. The van der Waals surface area contributed by atoms with E-state index in [1.807, 2.05) is 30.3 Å². The number of phenols is 2. The summed E-state index contributed by atoms with van der Waals surface area (Å²) < 4.78 is 10.6. The van der Waals surface area contributed by atoms with Crippen LogP contribution < -0.4 is 0 Å². The summed E-state index contributed by atoms with van der Waals surface area (Å²) in [6.07, 6.45) is 3.26. The van der Waals surface area contributed by atoms with Crippen LogP contribution in [0.5, 0.6) is 11.5 Å². The van der Waals surface area contributed by atoms with Crippen LogP contribution >= 0.6 is 23.5 Å². The second kappa shape index (κ2) is 7.10. The van der Waals surface area contributed by atoms with Gasteiger partial charge in [-0.3, -0.25) is 0 Å². The predicted molar refractivity (Wildman–Crippen MR) is 91.0 cm³/mol. The standard InChI is InChI=1S/C17H16O4S2/c1-11-14(22-9-12-4-2-6-20-12)8-15(17(19)16(11)18)23-10-13-5-3-7-21-13/h2-8,18-19H,9-10H2,1H3. The zero-order chi connectivity index (χ0) is 16.2. The van der Waals surface area contributed by atoms with Crippen LogP contribution in [0.4, 0.5) is 0 Å². The third-order valence-electron chi connectivity index (χ3n) is 3.34. The molecule has 0 atom stereocenters. The zero-order valence-corrected chi connectivity index (χ0v) is 14.1. The first-order valence-corrected chi connectivity index (χ1v) is 8.98. The third-order valence-corrected chi connectivity index (χ3v) is 5.56. The summed E-state index contributed by atoms with van der Waals surface area (Å²) in [4.78, 5) is 1.55. The molecule has 0 spiro atoms. The molecule has 0 unspecified atom stereocenters. The lowest BCUT2D eigenvalue weighted by Gasteiger charge is -2.12. The van der Waals surface area contributed by atoms with Gasteiger partial charge in [-0.25, -0.2) is 0 Å². The maximum Gasteiger partial charge on any atom is 0.171 e. The Bertz CT molecular complexity index is 702. The van der Waals surface area contributed by atoms with Crippen molar-refractivity contribution in [3.05, 3.63) is 59.9 Å². The monoisotopic (exact) mass is 348 g/mol. The first-order chi connectivity index (χ1) is 11.1. The summed E-state index contributed by atoms with van der Waals surface area (Å²) >= 11 is 2.99. The van der Waals surface area contributed by atoms with Crippen LogP contribution in [-0.4, -0.2) is 10.2 Å². The Labute approximate surface area is 142 Å². The van der Waals surface area contributed by atoms with Gasteiger partial charge in [0.15, 0.2) is 11.5 Å². The van der Waals surface area contributed by atoms with Crippen molar-refractivity contribution in [2.24, 2.45) is 0 Å². The van der Waals surface area contributed by atoms with Crippen LogP contribution in [0.25, 0.3) is 0 Å². The number of aromatic hydroxyl groups is 2. The molecule has 0 aliphatic rings. The molecule has 2 aromatic heterocycles. The minimum absolute atomic E-state index is 0.0728. The van der Waals surface area contributed by atoms with E-state index in [4.69, 9.17) is 8.83 Å². The van der Waals surface area contributed by atoms with Crippen molar-refractivity contribution in [2.75, 3.05) is 0 Å². The zero-order valence-electron chi connectivity index (χ0n) is 12.5. The van der Waals surface area contributed by atoms with E-state index >= 15 is 0 Å². The molecule has 2 N–H and O–H groups in total. The Kier molecular flexibility index (Phi) is 4.93. The average Bonchev–Trinajstić information content (AvgIpc) is 3.24. The summed E-state index contributed by atoms with van der Waals surface area (Å²) in [6, 6.07) is 9.36. The molecule has 0 saturated heterocycles. The van der Waals surface area contributed by atoms with E-state index in [0.717, 1.165) is 16.4 Å². The lowest BCUT2D eigenvalue weighted by Crippen LogP contribution is -1.87. The highest BCUT2D eigenvalue weighted by Gasteiger charge is 2.16. The van der Waals surface area contributed by atoms with E-state index in [-0.39, 0.29) is 11.5 Å². The fourth-order valence-electron chi connectivity index (χ4n) is 2.05. The first kappa shape index (κ1) is 16.0. The maximum atomic E-state index is 10.2. The fourth-order valence-corrected chi connectivity index (χ4v) is 4.00. The number of furan rings is 2. The van der Waals surface area contributed by atoms with Crippen LogP contribution in [-0.2, 0) is 11.5 Å². The quantitative estimate of drug-likeness (QED) is 0.473. The van der Waals surface area contributed by atoms with Crippen LogP contribution in [0.15, 0.2) is 61.5 Å². The molecule has 3 rings (SSSR count). The molecule has 0 saturated carbocycles. The fraction of sp³-hybridized carbons (Fsp3) is 0.176. The summed E-state index contributed by atoms with van der Waals surface area (Å²) in [5, 5.41) is 20.3. The van der Waals surface area contributed by atoms with E-state index in [0.29, 0.717) is 22.0 Å². The number of hydrogen-bond acceptors (Lipinski definition) is 6. The van der Waals surface area contributed by atoms with Crippen molar-refractivity contribution in [3.8, 4) is 11.5 Å². The van der Waals surface area contributed by atoms with E-state index in [9.17, 15) is 10.2 Å². The van der Waals surface area contributed by atoms with Gasteiger partial charge in [-0.1, -0.05) is 0 Å². The molecule has 0 amide bonds. The second-order valence-corrected chi connectivity index (χ2v) is 6.97. The van der Waals surface area contributed by atoms with E-state index in [1.54, 1.807) is 31.2 Å². The number of benzene rings is 1. The highest BCUT2D eigenvalue weighted by Crippen LogP contribution is 2.44. The van der Waals surface area contributed by atoms with Crippen molar-refractivity contribution in [1.82, 2.24) is 0 Å². The van der Waals surface area contributed by atoms with E-state index in [2.05, 4.69) is 0 Å². The topological polar surface area (TPSA) is 66.7 Å². The summed E-state index contributed by atoms with van der Waals surface area (Å²) in [5.41, 5.74) is 0.668. The normalized spacial score (nSPS) is 11.0. The first-order valence-electron chi connectivity index (χ1n) is 7.01. The highest BCUT2D eigenvalue weighted by atomic mass is 32.2. The SMILES string of the molecule is Cc1c(SCc2ccco2)cc(SCc2ccco2)c(O)c1O. The van der Waals surface area contributed by atoms with Crippen LogP contribution in [0.2, 0.25) is 0 Å². The maximum absolute atomic E-state index is 10.2. The van der Waals surface area contributed by atoms with Gasteiger partial charge in [-0.2, -0.15) is 0 Å². The third kappa shape index (κ3) is 3.71. The van der Waals surface area contributed by atoms with Crippen molar-refractivity contribution < 1.29 is 19.0 Å². The van der Waals surface area contributed by atoms with Crippen molar-refractivity contribution in [3.63, 3.8) is 0 Å². The summed E-state index contributed by atoms with van der Waals surface area (Å²) in [6.45, 7) is 1.79.